The van der Waals surface area contributed by atoms with Crippen LogP contribution in [0.4, 0.5) is 5.69 Å². The average molecular weight is 457 g/mol. The van der Waals surface area contributed by atoms with Gasteiger partial charge in [-0.2, -0.15) is 0 Å². The molecule has 0 bridgehead atoms. The fraction of sp³-hybridized carbons (Fsp3) is 0.111. The molecule has 0 saturated carbocycles. The van der Waals surface area contributed by atoms with Crippen LogP contribution in [0.15, 0.2) is 97.3 Å². The number of amides is 1. The normalized spacial score (nSPS) is 17.3. The van der Waals surface area contributed by atoms with E-state index in [1.165, 1.54) is 4.90 Å². The van der Waals surface area contributed by atoms with Crippen LogP contribution in [0, 0.1) is 0 Å². The van der Waals surface area contributed by atoms with Gasteiger partial charge in [-0.3, -0.25) is 9.59 Å². The van der Waals surface area contributed by atoms with Gasteiger partial charge >= 0.3 is 0 Å². The lowest BCUT2D eigenvalue weighted by molar-refractivity contribution is -0.136. The molecule has 1 aliphatic heterocycles. The predicted octanol–water partition coefficient (Wildman–Crippen LogP) is 5.14. The number of aromatic nitrogens is 1. The van der Waals surface area contributed by atoms with Gasteiger partial charge in [-0.05, 0) is 42.0 Å². The molecule has 1 aliphatic rings. The zero-order chi connectivity index (χ0) is 23.0. The van der Waals surface area contributed by atoms with Crippen LogP contribution in [0.3, 0.4) is 0 Å². The number of benzene rings is 3. The molecule has 1 amide bonds. The molecular formula is C27H21ClN2O3. The number of carbonyl (C=O) groups is 2. The van der Waals surface area contributed by atoms with Crippen molar-refractivity contribution in [1.29, 1.82) is 0 Å². The van der Waals surface area contributed by atoms with Crippen LogP contribution in [0.1, 0.15) is 27.9 Å². The summed E-state index contributed by atoms with van der Waals surface area (Å²) in [6.07, 6.45) is 3.43. The fourth-order valence-corrected chi connectivity index (χ4v) is 4.51. The second-order valence-corrected chi connectivity index (χ2v) is 8.51. The predicted molar refractivity (Wildman–Crippen MR) is 128 cm³/mol. The summed E-state index contributed by atoms with van der Waals surface area (Å²) >= 11 is 6.31. The molecule has 2 heterocycles. The smallest absolute Gasteiger partial charge is 0.264 e. The van der Waals surface area contributed by atoms with E-state index >= 15 is 0 Å². The minimum absolute atomic E-state index is 0.204. The number of ketones is 1. The van der Waals surface area contributed by atoms with Crippen LogP contribution in [0.5, 0.6) is 0 Å². The molecule has 0 saturated heterocycles. The zero-order valence-corrected chi connectivity index (χ0v) is 18.4. The summed E-state index contributed by atoms with van der Waals surface area (Å²) in [5.74, 6) is -0.840. The van der Waals surface area contributed by atoms with Crippen molar-refractivity contribution >= 4 is 29.0 Å². The first-order valence-corrected chi connectivity index (χ1v) is 11.0. The zero-order valence-electron chi connectivity index (χ0n) is 17.7. The quantitative estimate of drug-likeness (QED) is 0.409. The molecule has 0 aliphatic carbocycles. The summed E-state index contributed by atoms with van der Waals surface area (Å²) < 4.78 is 1.90. The highest BCUT2D eigenvalue weighted by Gasteiger charge is 2.50. The summed E-state index contributed by atoms with van der Waals surface area (Å²) in [7, 11) is 0. The molecule has 33 heavy (non-hydrogen) atoms. The summed E-state index contributed by atoms with van der Waals surface area (Å²) in [5.41, 5.74) is 1.09. The first-order chi connectivity index (χ1) is 16.0. The number of halogens is 1. The fourth-order valence-electron chi connectivity index (χ4n) is 4.31. The van der Waals surface area contributed by atoms with Crippen molar-refractivity contribution in [3.63, 3.8) is 0 Å². The number of nitrogens with zero attached hydrogens (tertiary/aromatic N) is 2. The standard InChI is InChI=1S/C27H21ClN2O3/c28-23-12-3-1-8-20(23)18-30-24-13-4-2-11-22(24)27(33,26(30)32)17-25(31)19-9-7-10-21(16-19)29-14-5-6-15-29/h1-16,33H,17-18H2/t27-/m1/s1. The maximum Gasteiger partial charge on any atom is 0.264 e. The van der Waals surface area contributed by atoms with E-state index in [-0.39, 0.29) is 18.7 Å². The Balaban J connectivity index is 1.47. The molecule has 3 aromatic carbocycles. The van der Waals surface area contributed by atoms with E-state index in [0.717, 1.165) is 11.3 Å². The summed E-state index contributed by atoms with van der Waals surface area (Å²) in [4.78, 5) is 28.2. The molecule has 1 aromatic heterocycles. The molecule has 0 spiro atoms. The van der Waals surface area contributed by atoms with Crippen LogP contribution < -0.4 is 4.90 Å². The summed E-state index contributed by atoms with van der Waals surface area (Å²) in [5, 5.41) is 12.1. The summed E-state index contributed by atoms with van der Waals surface area (Å²) in [6.45, 7) is 0.204. The van der Waals surface area contributed by atoms with Gasteiger partial charge in [-0.15, -0.1) is 0 Å². The molecule has 164 valence electrons. The lowest BCUT2D eigenvalue weighted by Gasteiger charge is -2.23. The van der Waals surface area contributed by atoms with E-state index in [1.807, 2.05) is 53.4 Å². The minimum Gasteiger partial charge on any atom is -0.375 e. The Morgan fingerprint density at radius 3 is 2.42 bits per heavy atom. The van der Waals surface area contributed by atoms with Crippen LogP contribution in [-0.4, -0.2) is 21.4 Å². The lowest BCUT2D eigenvalue weighted by atomic mass is 9.88. The van der Waals surface area contributed by atoms with Gasteiger partial charge in [0, 0.05) is 34.2 Å². The Morgan fingerprint density at radius 1 is 0.909 bits per heavy atom. The number of para-hydroxylation sites is 1. The van der Waals surface area contributed by atoms with Gasteiger partial charge in [0.25, 0.3) is 5.91 Å². The first kappa shape index (κ1) is 21.2. The molecule has 1 N–H and O–H groups in total. The van der Waals surface area contributed by atoms with Crippen LogP contribution >= 0.6 is 11.6 Å². The van der Waals surface area contributed by atoms with Gasteiger partial charge in [0.15, 0.2) is 11.4 Å². The largest absolute Gasteiger partial charge is 0.375 e. The number of hydrogen-bond acceptors (Lipinski definition) is 3. The molecular weight excluding hydrogens is 436 g/mol. The number of Topliss-reactive ketones (excluding diaryl/α,β-unsaturated/α-hetero) is 1. The van der Waals surface area contributed by atoms with E-state index < -0.39 is 11.5 Å². The average Bonchev–Trinajstić information content (AvgIpc) is 3.44. The number of fused-ring (bicyclic) bond motifs is 1. The van der Waals surface area contributed by atoms with Crippen molar-refractivity contribution in [3.8, 4) is 5.69 Å². The number of anilines is 1. The van der Waals surface area contributed by atoms with Gasteiger partial charge < -0.3 is 14.6 Å². The van der Waals surface area contributed by atoms with E-state index in [2.05, 4.69) is 0 Å². The third-order valence-electron chi connectivity index (χ3n) is 6.01. The van der Waals surface area contributed by atoms with Crippen molar-refractivity contribution in [1.82, 2.24) is 4.57 Å². The van der Waals surface area contributed by atoms with Crippen LogP contribution in [0.2, 0.25) is 5.02 Å². The lowest BCUT2D eigenvalue weighted by Crippen LogP contribution is -2.41. The second-order valence-electron chi connectivity index (χ2n) is 8.10. The van der Waals surface area contributed by atoms with Gasteiger partial charge in [0.05, 0.1) is 18.7 Å². The number of carbonyl (C=O) groups excluding carboxylic acids is 2. The number of rotatable bonds is 6. The Hall–Kier alpha value is -3.67. The molecule has 0 fully saturated rings. The van der Waals surface area contributed by atoms with Crippen LogP contribution in [-0.2, 0) is 16.9 Å². The highest BCUT2D eigenvalue weighted by atomic mass is 35.5. The Kier molecular flexibility index (Phi) is 5.36. The van der Waals surface area contributed by atoms with Gasteiger partial charge in [0.1, 0.15) is 0 Å². The van der Waals surface area contributed by atoms with Gasteiger partial charge in [-0.25, -0.2) is 0 Å². The van der Waals surface area contributed by atoms with Crippen molar-refractivity contribution in [2.24, 2.45) is 0 Å². The van der Waals surface area contributed by atoms with Crippen LogP contribution in [0.25, 0.3) is 5.69 Å². The molecule has 1 atom stereocenters. The van der Waals surface area contributed by atoms with E-state index in [0.29, 0.717) is 21.8 Å². The molecule has 0 radical (unpaired) electrons. The van der Waals surface area contributed by atoms with Crippen molar-refractivity contribution < 1.29 is 14.7 Å². The highest BCUT2D eigenvalue weighted by Crippen LogP contribution is 2.43. The monoisotopic (exact) mass is 456 g/mol. The first-order valence-electron chi connectivity index (χ1n) is 10.6. The molecule has 5 nitrogen and oxygen atoms in total. The second kappa shape index (κ2) is 8.35. The number of aliphatic hydroxyl groups is 1. The molecule has 4 aromatic rings. The Bertz CT molecular complexity index is 1350. The van der Waals surface area contributed by atoms with E-state index in [9.17, 15) is 14.7 Å². The van der Waals surface area contributed by atoms with Gasteiger partial charge in [-0.1, -0.05) is 60.1 Å². The molecule has 6 heteroatoms. The van der Waals surface area contributed by atoms with Crippen molar-refractivity contribution in [3.05, 3.63) is 119 Å². The van der Waals surface area contributed by atoms with E-state index in [4.69, 9.17) is 11.6 Å². The minimum atomic E-state index is -1.95. The van der Waals surface area contributed by atoms with Crippen molar-refractivity contribution in [2.75, 3.05) is 4.90 Å². The third-order valence-corrected chi connectivity index (χ3v) is 6.38. The SMILES string of the molecule is O=C(C[C@]1(O)C(=O)N(Cc2ccccc2Cl)c2ccccc21)c1cccc(-n2cccc2)c1. The highest BCUT2D eigenvalue weighted by molar-refractivity contribution is 6.31. The van der Waals surface area contributed by atoms with Gasteiger partial charge in [0.2, 0.25) is 0 Å². The maximum absolute atomic E-state index is 13.5. The Morgan fingerprint density at radius 2 is 1.64 bits per heavy atom. The molecule has 0 unspecified atom stereocenters. The third kappa shape index (κ3) is 3.75. The number of hydrogen-bond donors (Lipinski definition) is 1. The van der Waals surface area contributed by atoms with Crippen molar-refractivity contribution in [2.45, 2.75) is 18.6 Å². The summed E-state index contributed by atoms with van der Waals surface area (Å²) in [6, 6.07) is 25.3. The molecule has 5 rings (SSSR count). The maximum atomic E-state index is 13.5. The Labute approximate surface area is 196 Å². The van der Waals surface area contributed by atoms with E-state index in [1.54, 1.807) is 48.5 Å². The topological polar surface area (TPSA) is 62.5 Å².